The monoisotopic (exact) mass is 159 g/mol. The molecule has 12 heavy (non-hydrogen) atoms. The molecular weight excluding hydrogens is 146 g/mol. The minimum Gasteiger partial charge on any atom is -0.261 e. The largest absolute Gasteiger partial charge is 0.261 e. The van der Waals surface area contributed by atoms with Crippen LogP contribution in [0.2, 0.25) is 0 Å². The smallest absolute Gasteiger partial charge is 0.0484 e. The quantitative estimate of drug-likeness (QED) is 0.567. The minimum atomic E-state index is 0.279. The summed E-state index contributed by atoms with van der Waals surface area (Å²) >= 11 is 0. The van der Waals surface area contributed by atoms with Gasteiger partial charge in [0.15, 0.2) is 0 Å². The van der Waals surface area contributed by atoms with Crippen LogP contribution in [0.4, 0.5) is 0 Å². The van der Waals surface area contributed by atoms with Gasteiger partial charge in [-0.25, -0.2) is 0 Å². The van der Waals surface area contributed by atoms with Gasteiger partial charge in [0.2, 0.25) is 0 Å². The summed E-state index contributed by atoms with van der Waals surface area (Å²) in [6.07, 6.45) is 7.36. The highest BCUT2D eigenvalue weighted by molar-refractivity contribution is 5.55. The van der Waals surface area contributed by atoms with Gasteiger partial charge in [-0.1, -0.05) is 32.1 Å². The second kappa shape index (κ2) is 2.44. The number of fused-ring (bicyclic) bond motifs is 1. The van der Waals surface area contributed by atoms with Crippen molar-refractivity contribution < 1.29 is 0 Å². The predicted octanol–water partition coefficient (Wildman–Crippen LogP) is 2.68. The van der Waals surface area contributed by atoms with Crippen LogP contribution in [0.3, 0.4) is 0 Å². The topological polar surface area (TPSA) is 12.9 Å². The molecular formula is C11H13N. The van der Waals surface area contributed by atoms with Crippen molar-refractivity contribution in [1.82, 2.24) is 4.98 Å². The van der Waals surface area contributed by atoms with Crippen molar-refractivity contribution >= 4 is 6.08 Å². The van der Waals surface area contributed by atoms with Crippen LogP contribution in [0.5, 0.6) is 0 Å². The summed E-state index contributed by atoms with van der Waals surface area (Å²) in [5, 5.41) is 0. The third kappa shape index (κ3) is 1.27. The van der Waals surface area contributed by atoms with E-state index in [4.69, 9.17) is 0 Å². The first-order chi connectivity index (χ1) is 5.67. The first-order valence-electron chi connectivity index (χ1n) is 4.30. The number of rotatable bonds is 0. The molecule has 1 aromatic heterocycles. The Labute approximate surface area is 73.1 Å². The van der Waals surface area contributed by atoms with Gasteiger partial charge in [-0.15, -0.1) is 0 Å². The fourth-order valence-electron chi connectivity index (χ4n) is 1.56. The molecule has 0 fully saturated rings. The van der Waals surface area contributed by atoms with E-state index in [0.717, 1.165) is 6.42 Å². The number of hydrogen-bond donors (Lipinski definition) is 0. The molecule has 0 unspecified atom stereocenters. The standard InChI is InChI=1S/C11H13N/c1-11(2)6-5-9-4-3-7-12-10(9)8-11/h3-7H,8H2,1-2H3. The predicted molar refractivity (Wildman–Crippen MR) is 50.8 cm³/mol. The van der Waals surface area contributed by atoms with E-state index in [9.17, 15) is 0 Å². The third-order valence-electron chi connectivity index (χ3n) is 2.26. The Bertz CT molecular complexity index is 324. The highest BCUT2D eigenvalue weighted by atomic mass is 14.7. The summed E-state index contributed by atoms with van der Waals surface area (Å²) in [6, 6.07) is 4.11. The molecule has 0 saturated carbocycles. The normalized spacial score (nSPS) is 18.8. The van der Waals surface area contributed by atoms with Crippen molar-refractivity contribution in [1.29, 1.82) is 0 Å². The zero-order valence-electron chi connectivity index (χ0n) is 7.54. The fourth-order valence-corrected chi connectivity index (χ4v) is 1.56. The van der Waals surface area contributed by atoms with Gasteiger partial charge in [-0.2, -0.15) is 0 Å². The van der Waals surface area contributed by atoms with Crippen LogP contribution in [-0.4, -0.2) is 4.98 Å². The average molecular weight is 159 g/mol. The number of pyridine rings is 1. The molecule has 0 aromatic carbocycles. The third-order valence-corrected chi connectivity index (χ3v) is 2.26. The highest BCUT2D eigenvalue weighted by Gasteiger charge is 2.20. The zero-order valence-corrected chi connectivity index (χ0v) is 7.54. The SMILES string of the molecule is CC1(C)C=Cc2cccnc2C1. The zero-order chi connectivity index (χ0) is 8.60. The molecule has 1 heterocycles. The number of allylic oxidation sites excluding steroid dienone is 1. The lowest BCUT2D eigenvalue weighted by Crippen LogP contribution is -2.16. The maximum absolute atomic E-state index is 4.36. The fraction of sp³-hybridized carbons (Fsp3) is 0.364. The Kier molecular flexibility index (Phi) is 1.53. The molecule has 1 aliphatic carbocycles. The second-order valence-corrected chi connectivity index (χ2v) is 4.04. The van der Waals surface area contributed by atoms with Crippen LogP contribution in [-0.2, 0) is 6.42 Å². The van der Waals surface area contributed by atoms with E-state index < -0.39 is 0 Å². The maximum Gasteiger partial charge on any atom is 0.0484 e. The van der Waals surface area contributed by atoms with E-state index in [1.807, 2.05) is 12.3 Å². The van der Waals surface area contributed by atoms with Gasteiger partial charge in [0, 0.05) is 11.9 Å². The lowest BCUT2D eigenvalue weighted by molar-refractivity contribution is 0.468. The van der Waals surface area contributed by atoms with Crippen LogP contribution in [0.15, 0.2) is 24.4 Å². The molecule has 1 aliphatic rings. The Morgan fingerprint density at radius 3 is 3.08 bits per heavy atom. The van der Waals surface area contributed by atoms with Gasteiger partial charge in [0.05, 0.1) is 0 Å². The highest BCUT2D eigenvalue weighted by Crippen LogP contribution is 2.29. The molecule has 0 aliphatic heterocycles. The van der Waals surface area contributed by atoms with E-state index >= 15 is 0 Å². The van der Waals surface area contributed by atoms with E-state index in [1.54, 1.807) is 0 Å². The average Bonchev–Trinajstić information content (AvgIpc) is 2.02. The first kappa shape index (κ1) is 7.53. The summed E-state index contributed by atoms with van der Waals surface area (Å²) in [6.45, 7) is 4.47. The summed E-state index contributed by atoms with van der Waals surface area (Å²) in [4.78, 5) is 4.36. The Morgan fingerprint density at radius 2 is 2.25 bits per heavy atom. The van der Waals surface area contributed by atoms with Gasteiger partial charge < -0.3 is 0 Å². The van der Waals surface area contributed by atoms with E-state index in [0.29, 0.717) is 0 Å². The summed E-state index contributed by atoms with van der Waals surface area (Å²) in [5.74, 6) is 0. The Balaban J connectivity index is 2.46. The minimum absolute atomic E-state index is 0.279. The molecule has 1 aromatic rings. The van der Waals surface area contributed by atoms with Gasteiger partial charge in [0.1, 0.15) is 0 Å². The molecule has 0 saturated heterocycles. The molecule has 0 atom stereocenters. The maximum atomic E-state index is 4.36. The van der Waals surface area contributed by atoms with Crippen molar-refractivity contribution in [2.24, 2.45) is 5.41 Å². The van der Waals surface area contributed by atoms with E-state index in [-0.39, 0.29) is 5.41 Å². The molecule has 0 N–H and O–H groups in total. The van der Waals surface area contributed by atoms with Crippen LogP contribution >= 0.6 is 0 Å². The summed E-state index contributed by atoms with van der Waals surface area (Å²) in [5.41, 5.74) is 2.78. The molecule has 1 nitrogen and oxygen atoms in total. The van der Waals surface area contributed by atoms with Crippen LogP contribution in [0, 0.1) is 5.41 Å². The summed E-state index contributed by atoms with van der Waals surface area (Å²) < 4.78 is 0. The van der Waals surface area contributed by atoms with Gasteiger partial charge >= 0.3 is 0 Å². The molecule has 62 valence electrons. The molecule has 0 amide bonds. The Morgan fingerprint density at radius 1 is 1.42 bits per heavy atom. The van der Waals surface area contributed by atoms with Crippen molar-refractivity contribution in [3.63, 3.8) is 0 Å². The van der Waals surface area contributed by atoms with Gasteiger partial charge in [0.25, 0.3) is 0 Å². The number of aromatic nitrogens is 1. The van der Waals surface area contributed by atoms with Gasteiger partial charge in [-0.05, 0) is 23.5 Å². The first-order valence-corrected chi connectivity index (χ1v) is 4.30. The number of nitrogens with zero attached hydrogens (tertiary/aromatic N) is 1. The van der Waals surface area contributed by atoms with Crippen molar-refractivity contribution in [3.8, 4) is 0 Å². The molecule has 0 bridgehead atoms. The van der Waals surface area contributed by atoms with Crippen molar-refractivity contribution in [2.75, 3.05) is 0 Å². The lowest BCUT2D eigenvalue weighted by Gasteiger charge is -2.24. The molecule has 0 radical (unpaired) electrons. The second-order valence-electron chi connectivity index (χ2n) is 4.04. The lowest BCUT2D eigenvalue weighted by atomic mass is 9.82. The molecule has 2 rings (SSSR count). The van der Waals surface area contributed by atoms with Crippen molar-refractivity contribution in [3.05, 3.63) is 35.7 Å². The van der Waals surface area contributed by atoms with Crippen LogP contribution in [0.1, 0.15) is 25.1 Å². The van der Waals surface area contributed by atoms with Crippen molar-refractivity contribution in [2.45, 2.75) is 20.3 Å². The van der Waals surface area contributed by atoms with Crippen LogP contribution in [0.25, 0.3) is 6.08 Å². The molecule has 0 spiro atoms. The molecule has 1 heteroatoms. The van der Waals surface area contributed by atoms with Gasteiger partial charge in [-0.3, -0.25) is 4.98 Å². The summed E-state index contributed by atoms with van der Waals surface area (Å²) in [7, 11) is 0. The Hall–Kier alpha value is -1.11. The van der Waals surface area contributed by atoms with E-state index in [2.05, 4.69) is 37.0 Å². The van der Waals surface area contributed by atoms with Crippen LogP contribution < -0.4 is 0 Å². The number of hydrogen-bond acceptors (Lipinski definition) is 1. The van der Waals surface area contributed by atoms with E-state index in [1.165, 1.54) is 11.3 Å².